The number of benzene rings is 1. The Hall–Kier alpha value is -2.75. The van der Waals surface area contributed by atoms with Crippen molar-refractivity contribution in [2.45, 2.75) is 13.1 Å². The average Bonchev–Trinajstić information content (AvgIpc) is 3.02. The number of anilines is 1. The van der Waals surface area contributed by atoms with Crippen molar-refractivity contribution in [3.8, 4) is 0 Å². The topological polar surface area (TPSA) is 92.0 Å². The summed E-state index contributed by atoms with van der Waals surface area (Å²) in [6.07, 6.45) is -5.08. The lowest BCUT2D eigenvalue weighted by Gasteiger charge is -2.29. The van der Waals surface area contributed by atoms with Crippen LogP contribution in [0.4, 0.5) is 18.9 Å². The summed E-state index contributed by atoms with van der Waals surface area (Å²) in [7, 11) is 0. The van der Waals surface area contributed by atoms with Gasteiger partial charge in [0.2, 0.25) is 5.76 Å². The molecule has 3 rings (SSSR count). The minimum Gasteiger partial charge on any atom is -0.475 e. The van der Waals surface area contributed by atoms with E-state index in [9.17, 15) is 18.0 Å². The van der Waals surface area contributed by atoms with E-state index < -0.39 is 18.1 Å². The predicted octanol–water partition coefficient (Wildman–Crippen LogP) is 2.65. The molecule has 10 heteroatoms. The van der Waals surface area contributed by atoms with E-state index >= 15 is 0 Å². The number of piperazine rings is 1. The Bertz CT molecular complexity index is 797. The molecule has 2 N–H and O–H groups in total. The number of nitrogens with one attached hydrogen (secondary N) is 1. The van der Waals surface area contributed by atoms with Gasteiger partial charge in [0.05, 0.1) is 12.3 Å². The van der Waals surface area contributed by atoms with E-state index in [0.29, 0.717) is 12.4 Å². The molecule has 1 fully saturated rings. The fourth-order valence-electron chi connectivity index (χ4n) is 2.57. The van der Waals surface area contributed by atoms with E-state index in [2.05, 4.69) is 10.2 Å². The van der Waals surface area contributed by atoms with Crippen LogP contribution in [0.1, 0.15) is 17.5 Å². The maximum absolute atomic E-state index is 12.1. The molecule has 148 valence electrons. The second-order valence-electron chi connectivity index (χ2n) is 5.54. The lowest BCUT2D eigenvalue weighted by atomic mass is 10.2. The fraction of sp³-hybridized carbons (Fsp3) is 0.412. The first-order chi connectivity index (χ1) is 12.8. The maximum Gasteiger partial charge on any atom is 0.490 e. The highest BCUT2D eigenvalue weighted by molar-refractivity contribution is 6.04. The van der Waals surface area contributed by atoms with Crippen molar-refractivity contribution >= 4 is 28.6 Å². The van der Waals surface area contributed by atoms with Crippen LogP contribution in [0.3, 0.4) is 0 Å². The lowest BCUT2D eigenvalue weighted by Crippen LogP contribution is -2.44. The number of ether oxygens (including phenoxy) is 1. The van der Waals surface area contributed by atoms with E-state index in [1.165, 1.54) is 0 Å². The average molecular weight is 388 g/mol. The second kappa shape index (κ2) is 8.76. The first kappa shape index (κ1) is 20.6. The number of carbonyl (C=O) groups is 2. The normalized spacial score (nSPS) is 14.4. The molecular weight excluding hydrogens is 369 g/mol. The number of halogens is 3. The Morgan fingerprint density at radius 2 is 1.85 bits per heavy atom. The smallest absolute Gasteiger partial charge is 0.475 e. The van der Waals surface area contributed by atoms with Crippen molar-refractivity contribution in [3.05, 3.63) is 30.0 Å². The number of furan rings is 1. The van der Waals surface area contributed by atoms with Gasteiger partial charge in [-0.2, -0.15) is 13.2 Å². The Balaban J connectivity index is 0.000000321. The highest BCUT2D eigenvalue weighted by Crippen LogP contribution is 2.34. The number of carbonyl (C=O) groups excluding carboxylic acids is 1. The minimum absolute atomic E-state index is 0.315. The van der Waals surface area contributed by atoms with Gasteiger partial charge < -0.3 is 24.5 Å². The number of nitrogens with zero attached hydrogens (tertiary/aromatic N) is 1. The molecule has 1 aromatic carbocycles. The molecule has 0 aliphatic carbocycles. The van der Waals surface area contributed by atoms with Gasteiger partial charge in [-0.15, -0.1) is 0 Å². The van der Waals surface area contributed by atoms with Gasteiger partial charge >= 0.3 is 18.1 Å². The standard InChI is InChI=1S/C15H18N2O3.C2HF3O2/c1-2-19-15(18)14-13(17-9-7-16-8-10-17)11-5-3-4-6-12(11)20-14;3-2(4,5)1(6)7/h3-6,16H,2,7-10H2,1H3;(H,6,7). The number of esters is 1. The number of alkyl halides is 3. The molecule has 1 aliphatic heterocycles. The Morgan fingerprint density at radius 3 is 2.41 bits per heavy atom. The molecule has 2 aromatic rings. The summed E-state index contributed by atoms with van der Waals surface area (Å²) in [6, 6.07) is 7.73. The molecule has 0 spiro atoms. The zero-order valence-corrected chi connectivity index (χ0v) is 14.5. The van der Waals surface area contributed by atoms with Crippen molar-refractivity contribution in [1.29, 1.82) is 0 Å². The molecule has 0 bridgehead atoms. The van der Waals surface area contributed by atoms with Crippen LogP contribution < -0.4 is 10.2 Å². The van der Waals surface area contributed by atoms with Crippen LogP contribution >= 0.6 is 0 Å². The van der Waals surface area contributed by atoms with E-state index in [4.69, 9.17) is 19.1 Å². The monoisotopic (exact) mass is 388 g/mol. The number of aliphatic carboxylic acids is 1. The molecule has 7 nitrogen and oxygen atoms in total. The Kier molecular flexibility index (Phi) is 6.67. The van der Waals surface area contributed by atoms with Crippen LogP contribution in [0.5, 0.6) is 0 Å². The van der Waals surface area contributed by atoms with Crippen LogP contribution in [0.25, 0.3) is 11.0 Å². The number of fused-ring (bicyclic) bond motifs is 1. The number of carboxylic acids is 1. The Labute approximate surface area is 152 Å². The molecule has 1 aliphatic rings. The molecule has 1 saturated heterocycles. The maximum atomic E-state index is 12.1. The van der Waals surface area contributed by atoms with Crippen LogP contribution in [-0.4, -0.2) is 56.0 Å². The van der Waals surface area contributed by atoms with Crippen LogP contribution in [0, 0.1) is 0 Å². The van der Waals surface area contributed by atoms with Crippen molar-refractivity contribution in [2.75, 3.05) is 37.7 Å². The van der Waals surface area contributed by atoms with E-state index in [1.54, 1.807) is 6.92 Å². The molecule has 2 heterocycles. The van der Waals surface area contributed by atoms with Gasteiger partial charge in [0.1, 0.15) is 5.58 Å². The number of hydrogen-bond acceptors (Lipinski definition) is 6. The third kappa shape index (κ3) is 5.13. The number of para-hydroxylation sites is 1. The van der Waals surface area contributed by atoms with Crippen molar-refractivity contribution in [2.24, 2.45) is 0 Å². The van der Waals surface area contributed by atoms with Gasteiger partial charge in [0.25, 0.3) is 0 Å². The highest BCUT2D eigenvalue weighted by Gasteiger charge is 2.38. The summed E-state index contributed by atoms with van der Waals surface area (Å²) in [6.45, 7) is 5.66. The van der Waals surface area contributed by atoms with E-state index in [0.717, 1.165) is 42.8 Å². The summed E-state index contributed by atoms with van der Waals surface area (Å²) >= 11 is 0. The Morgan fingerprint density at radius 1 is 1.26 bits per heavy atom. The van der Waals surface area contributed by atoms with Gasteiger partial charge in [-0.1, -0.05) is 12.1 Å². The third-order valence-electron chi connectivity index (χ3n) is 3.71. The third-order valence-corrected chi connectivity index (χ3v) is 3.71. The van der Waals surface area contributed by atoms with Gasteiger partial charge in [-0.05, 0) is 19.1 Å². The first-order valence-corrected chi connectivity index (χ1v) is 8.20. The molecule has 0 radical (unpaired) electrons. The molecular formula is C17H19F3N2O5. The molecule has 1 aromatic heterocycles. The van der Waals surface area contributed by atoms with E-state index in [1.807, 2.05) is 24.3 Å². The molecule has 0 atom stereocenters. The zero-order valence-electron chi connectivity index (χ0n) is 14.5. The predicted molar refractivity (Wildman–Crippen MR) is 90.9 cm³/mol. The van der Waals surface area contributed by atoms with Crippen LogP contribution in [0.15, 0.2) is 28.7 Å². The number of hydrogen-bond donors (Lipinski definition) is 2. The van der Waals surface area contributed by atoms with Gasteiger partial charge in [-0.3, -0.25) is 0 Å². The molecule has 0 amide bonds. The van der Waals surface area contributed by atoms with Crippen LogP contribution in [0.2, 0.25) is 0 Å². The number of carboxylic acid groups (broad SMARTS) is 1. The van der Waals surface area contributed by atoms with Gasteiger partial charge in [0, 0.05) is 31.6 Å². The summed E-state index contributed by atoms with van der Waals surface area (Å²) in [5, 5.41) is 11.4. The van der Waals surface area contributed by atoms with Gasteiger partial charge in [0.15, 0.2) is 0 Å². The summed E-state index contributed by atoms with van der Waals surface area (Å²) in [5.41, 5.74) is 1.59. The second-order valence-corrected chi connectivity index (χ2v) is 5.54. The zero-order chi connectivity index (χ0) is 20.0. The van der Waals surface area contributed by atoms with Crippen molar-refractivity contribution in [3.63, 3.8) is 0 Å². The SMILES string of the molecule is CCOC(=O)c1oc2ccccc2c1N1CCNCC1.O=C(O)C(F)(F)F. The summed E-state index contributed by atoms with van der Waals surface area (Å²) in [5.74, 6) is -2.83. The summed E-state index contributed by atoms with van der Waals surface area (Å²) in [4.78, 5) is 23.2. The largest absolute Gasteiger partial charge is 0.490 e. The first-order valence-electron chi connectivity index (χ1n) is 8.20. The van der Waals surface area contributed by atoms with Crippen molar-refractivity contribution in [1.82, 2.24) is 5.32 Å². The summed E-state index contributed by atoms with van der Waals surface area (Å²) < 4.78 is 42.6. The molecule has 27 heavy (non-hydrogen) atoms. The van der Waals surface area contributed by atoms with E-state index in [-0.39, 0.29) is 0 Å². The lowest BCUT2D eigenvalue weighted by molar-refractivity contribution is -0.192. The molecule has 0 unspecified atom stereocenters. The fourth-order valence-corrected chi connectivity index (χ4v) is 2.57. The van der Waals surface area contributed by atoms with Crippen LogP contribution in [-0.2, 0) is 9.53 Å². The minimum atomic E-state index is -5.08. The molecule has 0 saturated carbocycles. The quantitative estimate of drug-likeness (QED) is 0.781. The van der Waals surface area contributed by atoms with Crippen molar-refractivity contribution < 1.29 is 37.0 Å². The highest BCUT2D eigenvalue weighted by atomic mass is 19.4. The van der Waals surface area contributed by atoms with Gasteiger partial charge in [-0.25, -0.2) is 9.59 Å². The number of rotatable bonds is 3.